The topological polar surface area (TPSA) is 63.7 Å². The van der Waals surface area contributed by atoms with Crippen LogP contribution in [-0.4, -0.2) is 17.6 Å². The lowest BCUT2D eigenvalue weighted by Crippen LogP contribution is -2.21. The Morgan fingerprint density at radius 3 is 2.28 bits per heavy atom. The van der Waals surface area contributed by atoms with Crippen LogP contribution in [-0.2, 0) is 19.8 Å². The number of fused-ring (bicyclic) bond motifs is 1. The highest BCUT2D eigenvalue weighted by atomic mass is 31.2. The van der Waals surface area contributed by atoms with Crippen molar-refractivity contribution in [2.24, 2.45) is 0 Å². The quantitative estimate of drug-likeness (QED) is 0.670. The first kappa shape index (κ1) is 19.5. The number of aromatic nitrogens is 1. The van der Waals surface area contributed by atoms with E-state index in [2.05, 4.69) is 0 Å². The lowest BCUT2D eigenvalue weighted by molar-refractivity contribution is -0.137. The molecule has 0 saturated carbocycles. The summed E-state index contributed by atoms with van der Waals surface area (Å²) >= 11 is 0. The summed E-state index contributed by atoms with van der Waals surface area (Å²) in [6.45, 7) is 3.44. The lowest BCUT2D eigenvalue weighted by atomic mass is 10.2. The van der Waals surface area contributed by atoms with Crippen LogP contribution in [0, 0.1) is 11.3 Å². The number of hydrogen-bond acceptors (Lipinski definition) is 4. The highest BCUT2D eigenvalue weighted by molar-refractivity contribution is 7.62. The Bertz CT molecular complexity index is 827. The number of nitrogens with zero attached hydrogens (tertiary/aromatic N) is 2. The lowest BCUT2D eigenvalue weighted by Gasteiger charge is -2.20. The SMILES string of the molecule is CCCOP(=O)(OCCC)c1c(C(F)(F)F)c(C#N)n2ccccc12. The first-order valence-corrected chi connectivity index (χ1v) is 9.34. The van der Waals surface area contributed by atoms with Gasteiger partial charge in [-0.25, -0.2) is 0 Å². The maximum Gasteiger partial charge on any atom is 0.420 e. The van der Waals surface area contributed by atoms with E-state index in [4.69, 9.17) is 9.05 Å². The normalized spacial score (nSPS) is 12.5. The van der Waals surface area contributed by atoms with Gasteiger partial charge in [0.15, 0.2) is 0 Å². The number of pyridine rings is 1. The van der Waals surface area contributed by atoms with Crippen LogP contribution in [0.15, 0.2) is 24.4 Å². The maximum absolute atomic E-state index is 13.7. The fourth-order valence-corrected chi connectivity index (χ4v) is 4.58. The average molecular weight is 374 g/mol. The van der Waals surface area contributed by atoms with E-state index in [1.54, 1.807) is 19.9 Å². The van der Waals surface area contributed by atoms with Gasteiger partial charge in [0, 0.05) is 6.20 Å². The van der Waals surface area contributed by atoms with Crippen molar-refractivity contribution in [3.8, 4) is 6.07 Å². The summed E-state index contributed by atoms with van der Waals surface area (Å²) < 4.78 is 66.0. The van der Waals surface area contributed by atoms with E-state index in [9.17, 15) is 23.0 Å². The second kappa shape index (κ2) is 7.61. The van der Waals surface area contributed by atoms with Crippen LogP contribution in [0.3, 0.4) is 0 Å². The third kappa shape index (κ3) is 3.74. The molecule has 0 aromatic carbocycles. The zero-order chi connectivity index (χ0) is 18.7. The molecule has 0 fully saturated rings. The van der Waals surface area contributed by atoms with Gasteiger partial charge in [0.2, 0.25) is 0 Å². The van der Waals surface area contributed by atoms with Crippen molar-refractivity contribution in [1.29, 1.82) is 5.26 Å². The molecule has 0 saturated heterocycles. The molecule has 0 aliphatic rings. The van der Waals surface area contributed by atoms with Crippen molar-refractivity contribution in [1.82, 2.24) is 4.40 Å². The number of rotatable bonds is 7. The highest BCUT2D eigenvalue weighted by Crippen LogP contribution is 2.52. The van der Waals surface area contributed by atoms with Crippen molar-refractivity contribution >= 4 is 18.4 Å². The molecular formula is C16H18F3N2O3P. The Morgan fingerprint density at radius 1 is 1.20 bits per heavy atom. The van der Waals surface area contributed by atoms with Crippen LogP contribution in [0.2, 0.25) is 0 Å². The molecule has 0 unspecified atom stereocenters. The van der Waals surface area contributed by atoms with E-state index in [0.29, 0.717) is 12.8 Å². The molecule has 0 bridgehead atoms. The summed E-state index contributed by atoms with van der Waals surface area (Å²) in [5.41, 5.74) is -1.92. The Labute approximate surface area is 143 Å². The molecule has 0 radical (unpaired) electrons. The molecule has 0 aliphatic heterocycles. The van der Waals surface area contributed by atoms with Gasteiger partial charge in [-0.1, -0.05) is 19.9 Å². The third-order valence-corrected chi connectivity index (χ3v) is 5.46. The summed E-state index contributed by atoms with van der Waals surface area (Å²) in [5.74, 6) is 0. The molecule has 9 heteroatoms. The zero-order valence-corrected chi connectivity index (χ0v) is 14.7. The van der Waals surface area contributed by atoms with Crippen molar-refractivity contribution in [3.05, 3.63) is 35.7 Å². The predicted molar refractivity (Wildman–Crippen MR) is 86.8 cm³/mol. The Morgan fingerprint density at radius 2 is 1.80 bits per heavy atom. The first-order chi connectivity index (χ1) is 11.8. The van der Waals surface area contributed by atoms with Gasteiger partial charge in [0.05, 0.1) is 18.7 Å². The molecule has 0 spiro atoms. The maximum atomic E-state index is 13.7. The van der Waals surface area contributed by atoms with Gasteiger partial charge in [0.25, 0.3) is 0 Å². The molecule has 0 amide bonds. The molecule has 5 nitrogen and oxygen atoms in total. The summed E-state index contributed by atoms with van der Waals surface area (Å²) in [4.78, 5) is 0. The van der Waals surface area contributed by atoms with Gasteiger partial charge in [-0.2, -0.15) is 18.4 Å². The second-order valence-corrected chi connectivity index (χ2v) is 7.26. The molecule has 0 aliphatic carbocycles. The van der Waals surface area contributed by atoms with E-state index >= 15 is 0 Å². The van der Waals surface area contributed by atoms with Crippen molar-refractivity contribution < 1.29 is 26.8 Å². The molecular weight excluding hydrogens is 356 g/mol. The number of nitriles is 1. The van der Waals surface area contributed by atoms with Gasteiger partial charge in [0.1, 0.15) is 22.6 Å². The summed E-state index contributed by atoms with van der Waals surface area (Å²) in [6.07, 6.45) is -2.65. The first-order valence-electron chi connectivity index (χ1n) is 7.80. The van der Waals surface area contributed by atoms with Gasteiger partial charge in [-0.15, -0.1) is 0 Å². The minimum atomic E-state index is -4.88. The number of alkyl halides is 3. The second-order valence-electron chi connectivity index (χ2n) is 5.30. The van der Waals surface area contributed by atoms with Crippen molar-refractivity contribution in [2.45, 2.75) is 32.9 Å². The van der Waals surface area contributed by atoms with Gasteiger partial charge in [-0.05, 0) is 25.0 Å². The van der Waals surface area contributed by atoms with Crippen LogP contribution < -0.4 is 5.30 Å². The standard InChI is InChI=1S/C16H18F3N2O3P/c1-3-9-23-25(22,24-10-4-2)15-12-7-5-6-8-21(12)13(11-20)14(15)16(17,18)19/h5-8H,3-4,9-10H2,1-2H3. The van der Waals surface area contributed by atoms with Crippen molar-refractivity contribution in [2.75, 3.05) is 13.2 Å². The van der Waals surface area contributed by atoms with Gasteiger partial charge >= 0.3 is 13.8 Å². The Kier molecular flexibility index (Phi) is 5.94. The number of halogens is 3. The zero-order valence-electron chi connectivity index (χ0n) is 13.8. The Hall–Kier alpha value is -1.81. The minimum Gasteiger partial charge on any atom is -0.307 e. The smallest absolute Gasteiger partial charge is 0.307 e. The van der Waals surface area contributed by atoms with Gasteiger partial charge < -0.3 is 13.4 Å². The molecule has 0 atom stereocenters. The predicted octanol–water partition coefficient (Wildman–Crippen LogP) is 4.50. The molecule has 2 rings (SSSR count). The Balaban J connectivity index is 2.85. The molecule has 2 aromatic heterocycles. The highest BCUT2D eigenvalue weighted by Gasteiger charge is 2.47. The molecule has 2 heterocycles. The molecule has 25 heavy (non-hydrogen) atoms. The van der Waals surface area contributed by atoms with E-state index in [0.717, 1.165) is 4.40 Å². The molecule has 136 valence electrons. The molecule has 2 aromatic rings. The average Bonchev–Trinajstić information content (AvgIpc) is 2.93. The fourth-order valence-electron chi connectivity index (χ4n) is 2.44. The summed E-state index contributed by atoms with van der Waals surface area (Å²) in [7, 11) is -4.27. The monoisotopic (exact) mass is 374 g/mol. The van der Waals surface area contributed by atoms with Crippen LogP contribution in [0.25, 0.3) is 5.52 Å². The summed E-state index contributed by atoms with van der Waals surface area (Å²) in [5, 5.41) is 8.67. The van der Waals surface area contributed by atoms with E-state index < -0.39 is 30.3 Å². The van der Waals surface area contributed by atoms with Crippen LogP contribution in [0.4, 0.5) is 13.2 Å². The minimum absolute atomic E-state index is 0.0121. The number of hydrogen-bond donors (Lipinski definition) is 0. The molecule has 0 N–H and O–H groups in total. The van der Waals surface area contributed by atoms with E-state index in [-0.39, 0.29) is 18.7 Å². The van der Waals surface area contributed by atoms with E-state index in [1.165, 1.54) is 24.4 Å². The van der Waals surface area contributed by atoms with Crippen LogP contribution >= 0.6 is 7.60 Å². The largest absolute Gasteiger partial charge is 0.420 e. The third-order valence-electron chi connectivity index (χ3n) is 3.41. The van der Waals surface area contributed by atoms with Crippen molar-refractivity contribution in [3.63, 3.8) is 0 Å². The van der Waals surface area contributed by atoms with Crippen LogP contribution in [0.1, 0.15) is 37.9 Å². The van der Waals surface area contributed by atoms with Gasteiger partial charge in [-0.3, -0.25) is 4.57 Å². The van der Waals surface area contributed by atoms with E-state index in [1.807, 2.05) is 0 Å². The van der Waals surface area contributed by atoms with Crippen LogP contribution in [0.5, 0.6) is 0 Å². The summed E-state index contributed by atoms with van der Waals surface area (Å²) in [6, 6.07) is 5.92. The fraction of sp³-hybridized carbons (Fsp3) is 0.438.